The van der Waals surface area contributed by atoms with E-state index in [1.807, 2.05) is 13.0 Å². The fraction of sp³-hybridized carbons (Fsp3) is 0.125. The first-order chi connectivity index (χ1) is 4.31. The van der Waals surface area contributed by atoms with Gasteiger partial charge in [0, 0.05) is 11.9 Å². The maximum atomic E-state index is 3.98. The van der Waals surface area contributed by atoms with E-state index in [1.165, 1.54) is 0 Å². The van der Waals surface area contributed by atoms with E-state index in [2.05, 4.69) is 18.2 Å². The second kappa shape index (κ2) is 5.04. The fourth-order valence-electron chi connectivity index (χ4n) is 0.384. The minimum Gasteiger partial charge on any atom is -0.262 e. The van der Waals surface area contributed by atoms with Crippen molar-refractivity contribution in [1.29, 1.82) is 0 Å². The summed E-state index contributed by atoms with van der Waals surface area (Å²) in [4.78, 5) is 3.98. The molecule has 1 nitrogen and oxygen atoms in total. The van der Waals surface area contributed by atoms with Gasteiger partial charge in [-0.15, -0.1) is 0 Å². The average Bonchev–Trinajstić information content (AvgIpc) is 1.85. The molecule has 0 radical (unpaired) electrons. The summed E-state index contributed by atoms with van der Waals surface area (Å²) in [6.07, 6.45) is 6.82. The van der Waals surface area contributed by atoms with Gasteiger partial charge in [0.1, 0.15) is 0 Å². The zero-order chi connectivity index (χ0) is 7.11. The van der Waals surface area contributed by atoms with E-state index in [0.717, 1.165) is 5.70 Å². The molecule has 0 aliphatic rings. The molecule has 0 rings (SSSR count). The van der Waals surface area contributed by atoms with E-state index < -0.39 is 0 Å². The average molecular weight is 121 g/mol. The lowest BCUT2D eigenvalue weighted by atomic mass is 10.4. The van der Waals surface area contributed by atoms with Crippen LogP contribution in [0, 0.1) is 0 Å². The van der Waals surface area contributed by atoms with Crippen molar-refractivity contribution >= 4 is 6.21 Å². The molecule has 0 unspecified atom stereocenters. The predicted octanol–water partition coefficient (Wildman–Crippen LogP) is 2.33. The van der Waals surface area contributed by atoms with Gasteiger partial charge in [-0.1, -0.05) is 25.3 Å². The molecule has 0 N–H and O–H groups in total. The molecule has 48 valence electrons. The van der Waals surface area contributed by atoms with Gasteiger partial charge in [-0.05, 0) is 13.0 Å². The summed E-state index contributed by atoms with van der Waals surface area (Å²) in [7, 11) is 0. The van der Waals surface area contributed by atoms with Crippen LogP contribution in [0.3, 0.4) is 0 Å². The molecule has 0 aliphatic carbocycles. The van der Waals surface area contributed by atoms with Crippen LogP contribution in [0.5, 0.6) is 0 Å². The highest BCUT2D eigenvalue weighted by molar-refractivity contribution is 5.71. The molecule has 9 heavy (non-hydrogen) atoms. The van der Waals surface area contributed by atoms with Crippen LogP contribution in [0.15, 0.2) is 42.1 Å². The molecular formula is C8H11N. The molecule has 1 heteroatoms. The number of hydrogen-bond acceptors (Lipinski definition) is 1. The molecule has 0 aromatic rings. The zero-order valence-electron chi connectivity index (χ0n) is 5.67. The SMILES string of the molecule is C=CC=N/C(C)=C/C=C. The van der Waals surface area contributed by atoms with Crippen molar-refractivity contribution in [2.75, 3.05) is 0 Å². The van der Waals surface area contributed by atoms with Crippen LogP contribution >= 0.6 is 0 Å². The lowest BCUT2D eigenvalue weighted by molar-refractivity contribution is 1.32. The van der Waals surface area contributed by atoms with Crippen molar-refractivity contribution in [3.05, 3.63) is 37.1 Å². The Balaban J connectivity index is 3.88. The summed E-state index contributed by atoms with van der Waals surface area (Å²) >= 11 is 0. The van der Waals surface area contributed by atoms with Gasteiger partial charge < -0.3 is 0 Å². The summed E-state index contributed by atoms with van der Waals surface area (Å²) in [5.41, 5.74) is 0.935. The van der Waals surface area contributed by atoms with Crippen LogP contribution in [-0.4, -0.2) is 6.21 Å². The highest BCUT2D eigenvalue weighted by Crippen LogP contribution is 1.91. The van der Waals surface area contributed by atoms with Crippen molar-refractivity contribution in [1.82, 2.24) is 0 Å². The minimum absolute atomic E-state index is 0.935. The Bertz CT molecular complexity index is 152. The third-order valence-electron chi connectivity index (χ3n) is 0.743. The standard InChI is InChI=1S/C8H11N/c1-4-6-8(3)9-7-5-2/h4-7H,1-2H2,3H3/b8-6+,9-7?. The molecule has 0 heterocycles. The van der Waals surface area contributed by atoms with Gasteiger partial charge in [-0.2, -0.15) is 0 Å². The number of aliphatic imine (C=N–C) groups is 1. The molecule has 0 spiro atoms. The quantitative estimate of drug-likeness (QED) is 0.401. The third-order valence-corrected chi connectivity index (χ3v) is 0.743. The van der Waals surface area contributed by atoms with Gasteiger partial charge in [0.25, 0.3) is 0 Å². The van der Waals surface area contributed by atoms with E-state index >= 15 is 0 Å². The van der Waals surface area contributed by atoms with Gasteiger partial charge in [0.05, 0.1) is 0 Å². The van der Waals surface area contributed by atoms with Crippen molar-refractivity contribution in [2.24, 2.45) is 4.99 Å². The van der Waals surface area contributed by atoms with Crippen LogP contribution in [0.1, 0.15) is 6.92 Å². The second-order valence-corrected chi connectivity index (χ2v) is 1.56. The van der Waals surface area contributed by atoms with E-state index in [0.29, 0.717) is 0 Å². The van der Waals surface area contributed by atoms with Gasteiger partial charge in [-0.25, -0.2) is 0 Å². The Morgan fingerprint density at radius 3 is 2.44 bits per heavy atom. The summed E-state index contributed by atoms with van der Waals surface area (Å²) in [5, 5.41) is 0. The van der Waals surface area contributed by atoms with E-state index in [4.69, 9.17) is 0 Å². The van der Waals surface area contributed by atoms with Crippen LogP contribution in [0.2, 0.25) is 0 Å². The Hall–Kier alpha value is -1.11. The lowest BCUT2D eigenvalue weighted by Crippen LogP contribution is -1.67. The Morgan fingerprint density at radius 2 is 2.00 bits per heavy atom. The number of rotatable bonds is 3. The van der Waals surface area contributed by atoms with Crippen LogP contribution < -0.4 is 0 Å². The second-order valence-electron chi connectivity index (χ2n) is 1.56. The Morgan fingerprint density at radius 1 is 1.33 bits per heavy atom. The normalized spacial score (nSPS) is 11.9. The van der Waals surface area contributed by atoms with Crippen molar-refractivity contribution in [2.45, 2.75) is 6.92 Å². The van der Waals surface area contributed by atoms with Crippen LogP contribution in [-0.2, 0) is 0 Å². The Kier molecular flexibility index (Phi) is 4.41. The molecule has 0 aliphatic heterocycles. The molecule has 0 bridgehead atoms. The molecular weight excluding hydrogens is 110 g/mol. The molecule has 0 atom stereocenters. The Labute approximate surface area is 56.1 Å². The molecule has 0 saturated heterocycles. The van der Waals surface area contributed by atoms with E-state index in [9.17, 15) is 0 Å². The van der Waals surface area contributed by atoms with E-state index in [-0.39, 0.29) is 0 Å². The van der Waals surface area contributed by atoms with Crippen LogP contribution in [0.4, 0.5) is 0 Å². The zero-order valence-corrected chi connectivity index (χ0v) is 5.67. The molecule has 0 saturated carbocycles. The van der Waals surface area contributed by atoms with Crippen molar-refractivity contribution < 1.29 is 0 Å². The van der Waals surface area contributed by atoms with Crippen molar-refractivity contribution in [3.8, 4) is 0 Å². The summed E-state index contributed by atoms with van der Waals surface area (Å²) < 4.78 is 0. The smallest absolute Gasteiger partial charge is 0.0372 e. The van der Waals surface area contributed by atoms with E-state index in [1.54, 1.807) is 18.4 Å². The van der Waals surface area contributed by atoms with Crippen molar-refractivity contribution in [3.63, 3.8) is 0 Å². The summed E-state index contributed by atoms with van der Waals surface area (Å²) in [6, 6.07) is 0. The first-order valence-electron chi connectivity index (χ1n) is 2.75. The highest BCUT2D eigenvalue weighted by Gasteiger charge is 1.73. The monoisotopic (exact) mass is 121 g/mol. The lowest BCUT2D eigenvalue weighted by Gasteiger charge is -1.83. The molecule has 0 aromatic carbocycles. The number of nitrogens with zero attached hydrogens (tertiary/aromatic N) is 1. The molecule has 0 amide bonds. The van der Waals surface area contributed by atoms with Gasteiger partial charge in [-0.3, -0.25) is 4.99 Å². The number of hydrogen-bond donors (Lipinski definition) is 0. The fourth-order valence-corrected chi connectivity index (χ4v) is 0.384. The largest absolute Gasteiger partial charge is 0.262 e. The predicted molar refractivity (Wildman–Crippen MR) is 42.6 cm³/mol. The topological polar surface area (TPSA) is 12.4 Å². The number of allylic oxidation sites excluding steroid dienone is 4. The summed E-state index contributed by atoms with van der Waals surface area (Å²) in [6.45, 7) is 8.93. The minimum atomic E-state index is 0.935. The summed E-state index contributed by atoms with van der Waals surface area (Å²) in [5.74, 6) is 0. The van der Waals surface area contributed by atoms with Crippen LogP contribution in [0.25, 0.3) is 0 Å². The van der Waals surface area contributed by atoms with Gasteiger partial charge in [0.2, 0.25) is 0 Å². The third kappa shape index (κ3) is 4.75. The molecule has 0 aromatic heterocycles. The maximum absolute atomic E-state index is 3.98. The molecule has 0 fully saturated rings. The van der Waals surface area contributed by atoms with Gasteiger partial charge in [0.15, 0.2) is 0 Å². The van der Waals surface area contributed by atoms with Gasteiger partial charge >= 0.3 is 0 Å². The highest BCUT2D eigenvalue weighted by atomic mass is 14.7. The first-order valence-corrected chi connectivity index (χ1v) is 2.75. The maximum Gasteiger partial charge on any atom is 0.0372 e. The first kappa shape index (κ1) is 7.89.